The highest BCUT2D eigenvalue weighted by atomic mass is 16.5. The Labute approximate surface area is 200 Å². The van der Waals surface area contributed by atoms with Crippen LogP contribution in [0.4, 0.5) is 0 Å². The number of hydrogen-bond acceptors (Lipinski definition) is 2. The summed E-state index contributed by atoms with van der Waals surface area (Å²) in [7, 11) is 0. The first-order valence-corrected chi connectivity index (χ1v) is 14.6. The van der Waals surface area contributed by atoms with Crippen LogP contribution in [0.2, 0.25) is 0 Å². The lowest BCUT2D eigenvalue weighted by Crippen LogP contribution is -2.54. The molecule has 2 N–H and O–H groups in total. The third-order valence-electron chi connectivity index (χ3n) is 11.5. The molecular weight excluding hydrogens is 390 g/mol. The molecule has 0 saturated heterocycles. The van der Waals surface area contributed by atoms with Crippen LogP contribution in [0.25, 0.3) is 0 Å². The normalized spacial score (nSPS) is 44.7. The molecule has 0 bridgehead atoms. The van der Waals surface area contributed by atoms with Gasteiger partial charge in [0, 0.05) is 6.61 Å². The van der Waals surface area contributed by atoms with E-state index in [1.165, 1.54) is 77.0 Å². The summed E-state index contributed by atoms with van der Waals surface area (Å²) in [6, 6.07) is 0. The molecule has 0 aromatic carbocycles. The summed E-state index contributed by atoms with van der Waals surface area (Å²) in [6.45, 7) is 14.4. The van der Waals surface area contributed by atoms with Crippen molar-refractivity contribution in [2.75, 3.05) is 13.2 Å². The molecule has 0 spiro atoms. The van der Waals surface area contributed by atoms with Gasteiger partial charge in [-0.25, -0.2) is 0 Å². The fourth-order valence-electron chi connectivity index (χ4n) is 9.73. The van der Waals surface area contributed by atoms with Crippen molar-refractivity contribution in [1.29, 1.82) is 0 Å². The third kappa shape index (κ3) is 4.71. The maximum absolute atomic E-state index is 6.25. The SMILES string of the molecule is CC(C)CCC[C@@H](C)[C@H]1CC[C@H]2[C@@H]3CCC4C[C@@H](OCCCN)CC[C@]4(C)[C@H]3CC[C@]12C. The second kappa shape index (κ2) is 10.3. The quantitative estimate of drug-likeness (QED) is 0.367. The van der Waals surface area contributed by atoms with Crippen molar-refractivity contribution in [2.24, 2.45) is 58.0 Å². The van der Waals surface area contributed by atoms with E-state index in [2.05, 4.69) is 34.6 Å². The highest BCUT2D eigenvalue weighted by molar-refractivity contribution is 5.09. The van der Waals surface area contributed by atoms with Gasteiger partial charge in [-0.1, -0.05) is 53.9 Å². The maximum Gasteiger partial charge on any atom is 0.0578 e. The monoisotopic (exact) mass is 445 g/mol. The van der Waals surface area contributed by atoms with E-state index >= 15 is 0 Å². The van der Waals surface area contributed by atoms with Crippen LogP contribution in [0.3, 0.4) is 0 Å². The Morgan fingerprint density at radius 1 is 0.844 bits per heavy atom. The van der Waals surface area contributed by atoms with Gasteiger partial charge in [0.1, 0.15) is 0 Å². The number of hydrogen-bond donors (Lipinski definition) is 1. The van der Waals surface area contributed by atoms with E-state index in [9.17, 15) is 0 Å². The highest BCUT2D eigenvalue weighted by Crippen LogP contribution is 2.68. The smallest absolute Gasteiger partial charge is 0.0578 e. The topological polar surface area (TPSA) is 35.2 Å². The molecule has 0 aliphatic heterocycles. The van der Waals surface area contributed by atoms with Crippen molar-refractivity contribution < 1.29 is 4.74 Å². The Kier molecular flexibility index (Phi) is 8.03. The minimum absolute atomic E-state index is 0.507. The van der Waals surface area contributed by atoms with Gasteiger partial charge in [-0.15, -0.1) is 0 Å². The first kappa shape index (κ1) is 25.0. The molecule has 32 heavy (non-hydrogen) atoms. The van der Waals surface area contributed by atoms with Gasteiger partial charge in [0.2, 0.25) is 0 Å². The van der Waals surface area contributed by atoms with Crippen molar-refractivity contribution >= 4 is 0 Å². The molecule has 0 aromatic heterocycles. The second-order valence-corrected chi connectivity index (χ2v) is 13.6. The Morgan fingerprint density at radius 3 is 2.34 bits per heavy atom. The van der Waals surface area contributed by atoms with Crippen LogP contribution in [0.15, 0.2) is 0 Å². The first-order valence-electron chi connectivity index (χ1n) is 14.6. The van der Waals surface area contributed by atoms with Crippen molar-refractivity contribution in [3.63, 3.8) is 0 Å². The van der Waals surface area contributed by atoms with Crippen LogP contribution in [-0.2, 0) is 4.74 Å². The average Bonchev–Trinajstić information content (AvgIpc) is 3.11. The summed E-state index contributed by atoms with van der Waals surface area (Å²) in [6.07, 6.45) is 18.9. The lowest BCUT2D eigenvalue weighted by molar-refractivity contribution is -0.136. The summed E-state index contributed by atoms with van der Waals surface area (Å²) < 4.78 is 6.25. The zero-order valence-electron chi connectivity index (χ0n) is 22.2. The fourth-order valence-corrected chi connectivity index (χ4v) is 9.73. The van der Waals surface area contributed by atoms with E-state index in [0.717, 1.165) is 61.0 Å². The molecular formula is C30H55NO. The Morgan fingerprint density at radius 2 is 1.59 bits per heavy atom. The minimum atomic E-state index is 0.507. The van der Waals surface area contributed by atoms with Crippen molar-refractivity contribution in [1.82, 2.24) is 0 Å². The number of rotatable bonds is 9. The van der Waals surface area contributed by atoms with Crippen molar-refractivity contribution in [3.05, 3.63) is 0 Å². The highest BCUT2D eigenvalue weighted by Gasteiger charge is 2.60. The Bertz CT molecular complexity index is 604. The first-order chi connectivity index (χ1) is 15.3. The molecule has 4 aliphatic carbocycles. The van der Waals surface area contributed by atoms with E-state index in [1.807, 2.05) is 0 Å². The van der Waals surface area contributed by atoms with Crippen LogP contribution in [-0.4, -0.2) is 19.3 Å². The maximum atomic E-state index is 6.25. The lowest BCUT2D eigenvalue weighted by Gasteiger charge is -2.61. The standard InChI is InChI=1S/C30H55NO/c1-21(2)8-6-9-22(3)26-12-13-27-25-11-10-23-20-24(32-19-7-18-31)14-16-29(23,4)28(25)15-17-30(26,27)5/h21-28H,6-20,31H2,1-5H3/t22-,23?,24+,25+,26-,27+,28+,29+,30-/m1/s1. The third-order valence-corrected chi connectivity index (χ3v) is 11.5. The molecule has 2 heteroatoms. The van der Waals surface area contributed by atoms with E-state index in [1.54, 1.807) is 0 Å². The largest absolute Gasteiger partial charge is 0.378 e. The molecule has 4 saturated carbocycles. The van der Waals surface area contributed by atoms with E-state index in [0.29, 0.717) is 16.9 Å². The molecule has 0 heterocycles. The fraction of sp³-hybridized carbons (Fsp3) is 1.00. The average molecular weight is 446 g/mol. The molecule has 2 nitrogen and oxygen atoms in total. The van der Waals surface area contributed by atoms with Crippen LogP contribution in [0.1, 0.15) is 118 Å². The number of nitrogens with two attached hydrogens (primary N) is 1. The summed E-state index contributed by atoms with van der Waals surface area (Å²) >= 11 is 0. The van der Waals surface area contributed by atoms with E-state index in [4.69, 9.17) is 10.5 Å². The molecule has 4 fully saturated rings. The van der Waals surface area contributed by atoms with Crippen LogP contribution >= 0.6 is 0 Å². The van der Waals surface area contributed by atoms with Crippen molar-refractivity contribution in [3.8, 4) is 0 Å². The molecule has 186 valence electrons. The second-order valence-electron chi connectivity index (χ2n) is 13.6. The molecule has 4 aliphatic rings. The zero-order valence-corrected chi connectivity index (χ0v) is 22.2. The summed E-state index contributed by atoms with van der Waals surface area (Å²) in [4.78, 5) is 0. The number of ether oxygens (including phenoxy) is 1. The zero-order chi connectivity index (χ0) is 22.9. The minimum Gasteiger partial charge on any atom is -0.378 e. The molecule has 0 radical (unpaired) electrons. The van der Waals surface area contributed by atoms with Gasteiger partial charge in [0.25, 0.3) is 0 Å². The summed E-state index contributed by atoms with van der Waals surface area (Å²) in [5.74, 6) is 6.68. The van der Waals surface area contributed by atoms with Gasteiger partial charge in [-0.2, -0.15) is 0 Å². The summed E-state index contributed by atoms with van der Waals surface area (Å²) in [5, 5.41) is 0. The Balaban J connectivity index is 1.39. The van der Waals surface area contributed by atoms with Crippen LogP contribution < -0.4 is 5.73 Å². The summed E-state index contributed by atoms with van der Waals surface area (Å²) in [5.41, 5.74) is 6.89. The van der Waals surface area contributed by atoms with Gasteiger partial charge < -0.3 is 10.5 Å². The van der Waals surface area contributed by atoms with Crippen LogP contribution in [0, 0.1) is 52.3 Å². The molecule has 1 unspecified atom stereocenters. The van der Waals surface area contributed by atoms with Crippen molar-refractivity contribution in [2.45, 2.75) is 124 Å². The molecule has 0 amide bonds. The van der Waals surface area contributed by atoms with Gasteiger partial charge in [0.15, 0.2) is 0 Å². The van der Waals surface area contributed by atoms with E-state index in [-0.39, 0.29) is 0 Å². The van der Waals surface area contributed by atoms with Gasteiger partial charge in [-0.3, -0.25) is 0 Å². The predicted molar refractivity (Wildman–Crippen MR) is 136 cm³/mol. The van der Waals surface area contributed by atoms with Crippen LogP contribution in [0.5, 0.6) is 0 Å². The lowest BCUT2D eigenvalue weighted by atomic mass is 9.44. The Hall–Kier alpha value is -0.0800. The number of fused-ring (bicyclic) bond motifs is 5. The van der Waals surface area contributed by atoms with E-state index < -0.39 is 0 Å². The van der Waals surface area contributed by atoms with Gasteiger partial charge in [0.05, 0.1) is 6.10 Å². The van der Waals surface area contributed by atoms with Gasteiger partial charge in [-0.05, 0) is 123 Å². The molecule has 4 rings (SSSR count). The molecule has 0 aromatic rings. The predicted octanol–water partition coefficient (Wildman–Crippen LogP) is 7.84. The van der Waals surface area contributed by atoms with Gasteiger partial charge >= 0.3 is 0 Å². The molecule has 9 atom stereocenters.